The highest BCUT2D eigenvalue weighted by atomic mass is 32.2. The van der Waals surface area contributed by atoms with Crippen LogP contribution in [0.1, 0.15) is 133 Å². The molecule has 0 aromatic heterocycles. The number of unbranched alkanes of at least 4 members (excludes halogenated alkanes) is 11. The standard InChI is InChI=1S/C36H54N2O2S/c1-6-7-8-9-10-11-12-13-14-15-16-17-24-40-34-25-31(36(3,4)5)20-23-33(34)35(39)37-32-21-18-30(19-22-32)26-38-28-41-27-29(38)2/h18-23,25,27H,6-17,24,26,28H2,1-5H3,(H,37,39). The largest absolute Gasteiger partial charge is 0.493 e. The number of ether oxygens (including phenoxy) is 1. The second-order valence-corrected chi connectivity index (χ2v) is 13.4. The smallest absolute Gasteiger partial charge is 0.259 e. The van der Waals surface area contributed by atoms with Crippen LogP contribution in [0.2, 0.25) is 0 Å². The quantitative estimate of drug-likeness (QED) is 0.179. The van der Waals surface area contributed by atoms with Crippen molar-refractivity contribution in [3.8, 4) is 5.75 Å². The van der Waals surface area contributed by atoms with Crippen LogP contribution in [-0.2, 0) is 12.0 Å². The molecule has 2 aromatic rings. The minimum Gasteiger partial charge on any atom is -0.493 e. The van der Waals surface area contributed by atoms with Crippen molar-refractivity contribution in [3.63, 3.8) is 0 Å². The summed E-state index contributed by atoms with van der Waals surface area (Å²) in [6.07, 6.45) is 15.8. The summed E-state index contributed by atoms with van der Waals surface area (Å²) in [5, 5.41) is 5.29. The number of anilines is 1. The summed E-state index contributed by atoms with van der Waals surface area (Å²) in [6, 6.07) is 14.2. The van der Waals surface area contributed by atoms with Crippen LogP contribution in [0.4, 0.5) is 5.69 Å². The van der Waals surface area contributed by atoms with Crippen molar-refractivity contribution in [1.82, 2.24) is 4.90 Å². The molecule has 5 heteroatoms. The van der Waals surface area contributed by atoms with Crippen LogP contribution in [0, 0.1) is 0 Å². The van der Waals surface area contributed by atoms with Gasteiger partial charge < -0.3 is 15.0 Å². The summed E-state index contributed by atoms with van der Waals surface area (Å²) in [7, 11) is 0. The van der Waals surface area contributed by atoms with Gasteiger partial charge in [0.05, 0.1) is 18.0 Å². The van der Waals surface area contributed by atoms with Crippen LogP contribution in [0.25, 0.3) is 0 Å². The summed E-state index contributed by atoms with van der Waals surface area (Å²) < 4.78 is 6.25. The Kier molecular flexibility index (Phi) is 14.2. The van der Waals surface area contributed by atoms with Crippen LogP contribution in [0.5, 0.6) is 5.75 Å². The van der Waals surface area contributed by atoms with Crippen molar-refractivity contribution >= 4 is 23.4 Å². The zero-order valence-electron chi connectivity index (χ0n) is 26.4. The van der Waals surface area contributed by atoms with E-state index < -0.39 is 0 Å². The number of hydrogen-bond acceptors (Lipinski definition) is 4. The summed E-state index contributed by atoms with van der Waals surface area (Å²) in [4.78, 5) is 15.7. The van der Waals surface area contributed by atoms with E-state index in [4.69, 9.17) is 4.74 Å². The van der Waals surface area contributed by atoms with Crippen LogP contribution >= 0.6 is 11.8 Å². The second-order valence-electron chi connectivity index (χ2n) is 12.6. The Bertz CT molecular complexity index is 1090. The predicted octanol–water partition coefficient (Wildman–Crippen LogP) is 10.7. The first kappa shape index (κ1) is 33.1. The molecule has 4 nitrogen and oxygen atoms in total. The third-order valence-electron chi connectivity index (χ3n) is 7.92. The molecule has 0 unspecified atom stereocenters. The van der Waals surface area contributed by atoms with Crippen LogP contribution < -0.4 is 10.1 Å². The highest BCUT2D eigenvalue weighted by Gasteiger charge is 2.20. The Hall–Kier alpha value is -2.40. The van der Waals surface area contributed by atoms with Gasteiger partial charge in [-0.25, -0.2) is 0 Å². The monoisotopic (exact) mass is 578 g/mol. The first-order valence-electron chi connectivity index (χ1n) is 16.0. The lowest BCUT2D eigenvalue weighted by atomic mass is 9.86. The molecule has 0 radical (unpaired) electrons. The zero-order chi connectivity index (χ0) is 29.5. The molecule has 1 aliphatic heterocycles. The van der Waals surface area contributed by atoms with Gasteiger partial charge in [-0.2, -0.15) is 0 Å². The van der Waals surface area contributed by atoms with Gasteiger partial charge in [-0.1, -0.05) is 117 Å². The lowest BCUT2D eigenvalue weighted by Gasteiger charge is -2.21. The fourth-order valence-electron chi connectivity index (χ4n) is 5.13. The van der Waals surface area contributed by atoms with Gasteiger partial charge in [0.25, 0.3) is 5.91 Å². The Morgan fingerprint density at radius 1 is 0.878 bits per heavy atom. The fourth-order valence-corrected chi connectivity index (χ4v) is 6.07. The SMILES string of the molecule is CCCCCCCCCCCCCCOc1cc(C(C)(C)C)ccc1C(=O)Nc1ccc(CN2CSC=C2C)cc1. The third-order valence-corrected chi connectivity index (χ3v) is 8.88. The summed E-state index contributed by atoms with van der Waals surface area (Å²) in [6.45, 7) is 12.5. The molecule has 1 N–H and O–H groups in total. The number of amides is 1. The van der Waals surface area contributed by atoms with E-state index in [0.717, 1.165) is 24.5 Å². The molecule has 0 saturated carbocycles. The van der Waals surface area contributed by atoms with Gasteiger partial charge in [-0.3, -0.25) is 4.79 Å². The van der Waals surface area contributed by atoms with Crippen molar-refractivity contribution < 1.29 is 9.53 Å². The second kappa shape index (κ2) is 17.5. The topological polar surface area (TPSA) is 41.6 Å². The first-order chi connectivity index (χ1) is 19.8. The molecule has 1 aliphatic rings. The van der Waals surface area contributed by atoms with Crippen molar-refractivity contribution in [3.05, 3.63) is 70.3 Å². The number of carbonyl (C=O) groups is 1. The Labute approximate surface area is 254 Å². The molecule has 2 aromatic carbocycles. The highest BCUT2D eigenvalue weighted by Crippen LogP contribution is 2.30. The molecule has 0 atom stereocenters. The highest BCUT2D eigenvalue weighted by molar-refractivity contribution is 8.02. The predicted molar refractivity (Wildman–Crippen MR) is 178 cm³/mol. The minimum atomic E-state index is -0.127. The van der Waals surface area contributed by atoms with E-state index in [1.807, 2.05) is 30.0 Å². The number of benzene rings is 2. The molecule has 226 valence electrons. The molecule has 3 rings (SSSR count). The van der Waals surface area contributed by atoms with Gasteiger partial charge in [-0.15, -0.1) is 11.8 Å². The Balaban J connectivity index is 1.46. The molecule has 0 bridgehead atoms. The number of thioether (sulfide) groups is 1. The van der Waals surface area contributed by atoms with E-state index in [-0.39, 0.29) is 11.3 Å². The number of allylic oxidation sites excluding steroid dienone is 1. The molecule has 1 heterocycles. The van der Waals surface area contributed by atoms with Gasteiger partial charge in [0.15, 0.2) is 0 Å². The van der Waals surface area contributed by atoms with Gasteiger partial charge >= 0.3 is 0 Å². The summed E-state index contributed by atoms with van der Waals surface area (Å²) >= 11 is 1.83. The van der Waals surface area contributed by atoms with E-state index in [1.165, 1.54) is 87.5 Å². The maximum absolute atomic E-state index is 13.3. The molecular formula is C36H54N2O2S. The molecule has 1 amide bonds. The number of rotatable bonds is 18. The molecule has 0 fully saturated rings. The van der Waals surface area contributed by atoms with Crippen molar-refractivity contribution in [2.45, 2.75) is 124 Å². The summed E-state index contributed by atoms with van der Waals surface area (Å²) in [5.74, 6) is 1.55. The van der Waals surface area contributed by atoms with Crippen LogP contribution in [0.3, 0.4) is 0 Å². The maximum atomic E-state index is 13.3. The van der Waals surface area contributed by atoms with Crippen molar-refractivity contribution in [2.75, 3.05) is 17.8 Å². The van der Waals surface area contributed by atoms with Gasteiger partial charge in [0, 0.05) is 17.9 Å². The van der Waals surface area contributed by atoms with Crippen molar-refractivity contribution in [2.24, 2.45) is 0 Å². The molecular weight excluding hydrogens is 524 g/mol. The molecule has 41 heavy (non-hydrogen) atoms. The van der Waals surface area contributed by atoms with Gasteiger partial charge in [0.1, 0.15) is 5.75 Å². The summed E-state index contributed by atoms with van der Waals surface area (Å²) in [5.41, 5.74) is 5.10. The zero-order valence-corrected chi connectivity index (χ0v) is 27.2. The van der Waals surface area contributed by atoms with Crippen LogP contribution in [0.15, 0.2) is 53.6 Å². The van der Waals surface area contributed by atoms with Crippen molar-refractivity contribution in [1.29, 1.82) is 0 Å². The van der Waals surface area contributed by atoms with E-state index in [0.29, 0.717) is 17.9 Å². The number of nitrogens with one attached hydrogen (secondary N) is 1. The maximum Gasteiger partial charge on any atom is 0.259 e. The Morgan fingerprint density at radius 3 is 2.05 bits per heavy atom. The Morgan fingerprint density at radius 2 is 1.49 bits per heavy atom. The molecule has 0 saturated heterocycles. The minimum absolute atomic E-state index is 0.0136. The van der Waals surface area contributed by atoms with Gasteiger partial charge in [-0.05, 0) is 59.6 Å². The average molecular weight is 579 g/mol. The van der Waals surface area contributed by atoms with Gasteiger partial charge in [0.2, 0.25) is 0 Å². The van der Waals surface area contributed by atoms with Crippen LogP contribution in [-0.4, -0.2) is 23.3 Å². The first-order valence-corrected chi connectivity index (χ1v) is 17.0. The van der Waals surface area contributed by atoms with E-state index >= 15 is 0 Å². The number of nitrogens with zero attached hydrogens (tertiary/aromatic N) is 1. The third kappa shape index (κ3) is 11.8. The van der Waals surface area contributed by atoms with E-state index in [9.17, 15) is 4.79 Å². The lowest BCUT2D eigenvalue weighted by molar-refractivity contribution is 0.102. The molecule has 0 spiro atoms. The molecule has 0 aliphatic carbocycles. The number of hydrogen-bond donors (Lipinski definition) is 1. The van der Waals surface area contributed by atoms with E-state index in [1.54, 1.807) is 0 Å². The number of carbonyl (C=O) groups excluding carboxylic acids is 1. The lowest BCUT2D eigenvalue weighted by Crippen LogP contribution is -2.17. The fraction of sp³-hybridized carbons (Fsp3) is 0.583. The normalized spacial score (nSPS) is 13.4. The van der Waals surface area contributed by atoms with E-state index in [2.05, 4.69) is 74.5 Å². The average Bonchev–Trinajstić information content (AvgIpc) is 3.35.